The first-order chi connectivity index (χ1) is 15.1. The van der Waals surface area contributed by atoms with Crippen molar-refractivity contribution in [2.75, 3.05) is 48.1 Å². The van der Waals surface area contributed by atoms with E-state index in [0.29, 0.717) is 30.8 Å². The molecule has 0 aliphatic heterocycles. The van der Waals surface area contributed by atoms with Crippen LogP contribution in [0.1, 0.15) is 17.5 Å². The monoisotopic (exact) mass is 419 g/mol. The fourth-order valence-corrected chi connectivity index (χ4v) is 3.67. The molecule has 4 N–H and O–H groups in total. The second kappa shape index (κ2) is 9.61. The molecule has 2 aromatic carbocycles. The number of aliphatic hydroxyl groups excluding tert-OH is 1. The zero-order valence-corrected chi connectivity index (χ0v) is 18.0. The normalized spacial score (nSPS) is 13.0. The molecule has 8 nitrogen and oxygen atoms in total. The highest BCUT2D eigenvalue weighted by atomic mass is 16.3. The molecule has 4 rings (SSSR count). The predicted molar refractivity (Wildman–Crippen MR) is 125 cm³/mol. The van der Waals surface area contributed by atoms with Gasteiger partial charge in [0, 0.05) is 44.7 Å². The second-order valence-electron chi connectivity index (χ2n) is 7.89. The van der Waals surface area contributed by atoms with Gasteiger partial charge in [-0.05, 0) is 54.7 Å². The maximum Gasteiger partial charge on any atom is 0.233 e. The predicted octanol–water partition coefficient (Wildman–Crippen LogP) is 3.05. The third kappa shape index (κ3) is 5.40. The van der Waals surface area contributed by atoms with Gasteiger partial charge < -0.3 is 26.0 Å². The Hall–Kier alpha value is -3.39. The minimum Gasteiger partial charge on any atom is -0.396 e. The van der Waals surface area contributed by atoms with E-state index in [4.69, 9.17) is 5.11 Å². The summed E-state index contributed by atoms with van der Waals surface area (Å²) in [6.07, 6.45) is 2.52. The molecule has 0 fully saturated rings. The van der Waals surface area contributed by atoms with Crippen LogP contribution in [-0.2, 0) is 12.8 Å². The first-order valence-electron chi connectivity index (χ1n) is 10.6. The van der Waals surface area contributed by atoms with Crippen molar-refractivity contribution in [2.45, 2.75) is 25.3 Å². The average Bonchev–Trinajstić information content (AvgIpc) is 3.16. The standard InChI is InChI=1S/C23H29N7O/c1-30(2)20-10-8-18(9-11-20)25-22-27-21(24-12-5-13-31)28-23(29-22)26-19-14-16-6-3-4-7-17(16)15-19/h3-4,6-11,19,31H,5,12-15H2,1-2H3,(H3,24,25,26,27,28,29). The van der Waals surface area contributed by atoms with Gasteiger partial charge in [-0.2, -0.15) is 15.0 Å². The number of rotatable bonds is 9. The van der Waals surface area contributed by atoms with Crippen molar-refractivity contribution in [3.8, 4) is 0 Å². The smallest absolute Gasteiger partial charge is 0.233 e. The minimum absolute atomic E-state index is 0.118. The maximum absolute atomic E-state index is 9.06. The van der Waals surface area contributed by atoms with Crippen LogP contribution in [0.2, 0.25) is 0 Å². The molecular formula is C23H29N7O. The summed E-state index contributed by atoms with van der Waals surface area (Å²) < 4.78 is 0. The Balaban J connectivity index is 1.51. The average molecular weight is 420 g/mol. The van der Waals surface area contributed by atoms with Crippen LogP contribution in [-0.4, -0.2) is 53.3 Å². The molecule has 1 aromatic heterocycles. The van der Waals surface area contributed by atoms with E-state index in [9.17, 15) is 0 Å². The number of fused-ring (bicyclic) bond motifs is 1. The number of nitrogens with one attached hydrogen (secondary N) is 3. The molecule has 31 heavy (non-hydrogen) atoms. The molecule has 0 amide bonds. The van der Waals surface area contributed by atoms with E-state index in [1.54, 1.807) is 0 Å². The molecule has 0 saturated heterocycles. The van der Waals surface area contributed by atoms with Crippen molar-refractivity contribution in [3.63, 3.8) is 0 Å². The van der Waals surface area contributed by atoms with Crippen LogP contribution in [0, 0.1) is 0 Å². The van der Waals surface area contributed by atoms with E-state index in [-0.39, 0.29) is 12.6 Å². The first kappa shape index (κ1) is 20.9. The molecule has 0 radical (unpaired) electrons. The van der Waals surface area contributed by atoms with Crippen LogP contribution in [0.3, 0.4) is 0 Å². The molecular weight excluding hydrogens is 390 g/mol. The van der Waals surface area contributed by atoms with E-state index < -0.39 is 0 Å². The van der Waals surface area contributed by atoms with Crippen molar-refractivity contribution >= 4 is 29.2 Å². The van der Waals surface area contributed by atoms with E-state index in [0.717, 1.165) is 24.2 Å². The van der Waals surface area contributed by atoms with Gasteiger partial charge in [0.05, 0.1) is 0 Å². The number of anilines is 5. The van der Waals surface area contributed by atoms with Crippen LogP contribution < -0.4 is 20.9 Å². The summed E-state index contributed by atoms with van der Waals surface area (Å²) in [4.78, 5) is 15.7. The number of hydrogen-bond donors (Lipinski definition) is 4. The van der Waals surface area contributed by atoms with E-state index in [1.807, 2.05) is 38.4 Å². The highest BCUT2D eigenvalue weighted by Gasteiger charge is 2.22. The van der Waals surface area contributed by atoms with Crippen molar-refractivity contribution in [1.29, 1.82) is 0 Å². The third-order valence-corrected chi connectivity index (χ3v) is 5.28. The lowest BCUT2D eigenvalue weighted by Crippen LogP contribution is -2.22. The minimum atomic E-state index is 0.118. The quantitative estimate of drug-likeness (QED) is 0.393. The Morgan fingerprint density at radius 2 is 1.55 bits per heavy atom. The number of aromatic nitrogens is 3. The molecule has 8 heteroatoms. The van der Waals surface area contributed by atoms with Gasteiger partial charge >= 0.3 is 0 Å². The molecule has 1 aliphatic carbocycles. The van der Waals surface area contributed by atoms with Crippen molar-refractivity contribution in [2.24, 2.45) is 0 Å². The van der Waals surface area contributed by atoms with Crippen LogP contribution in [0.4, 0.5) is 29.2 Å². The van der Waals surface area contributed by atoms with Crippen molar-refractivity contribution in [1.82, 2.24) is 15.0 Å². The fraction of sp³-hybridized carbons (Fsp3) is 0.348. The van der Waals surface area contributed by atoms with Crippen LogP contribution in [0.25, 0.3) is 0 Å². The zero-order valence-electron chi connectivity index (χ0n) is 18.0. The van der Waals surface area contributed by atoms with Gasteiger partial charge in [-0.1, -0.05) is 24.3 Å². The van der Waals surface area contributed by atoms with Crippen molar-refractivity contribution < 1.29 is 5.11 Å². The number of hydrogen-bond acceptors (Lipinski definition) is 8. The molecule has 0 atom stereocenters. The van der Waals surface area contributed by atoms with Crippen LogP contribution in [0.15, 0.2) is 48.5 Å². The van der Waals surface area contributed by atoms with Crippen LogP contribution in [0.5, 0.6) is 0 Å². The Kier molecular flexibility index (Phi) is 6.47. The number of nitrogens with zero attached hydrogens (tertiary/aromatic N) is 4. The maximum atomic E-state index is 9.06. The summed E-state index contributed by atoms with van der Waals surface area (Å²) in [6.45, 7) is 0.707. The molecule has 162 valence electrons. The van der Waals surface area contributed by atoms with Gasteiger partial charge in [-0.25, -0.2) is 0 Å². The first-order valence-corrected chi connectivity index (χ1v) is 10.6. The summed E-state index contributed by atoms with van der Waals surface area (Å²) in [5.74, 6) is 1.48. The van der Waals surface area contributed by atoms with Gasteiger partial charge in [0.25, 0.3) is 0 Å². The van der Waals surface area contributed by atoms with Gasteiger partial charge in [0.15, 0.2) is 0 Å². The second-order valence-corrected chi connectivity index (χ2v) is 7.89. The van der Waals surface area contributed by atoms with E-state index in [1.165, 1.54) is 11.1 Å². The Morgan fingerprint density at radius 3 is 2.19 bits per heavy atom. The molecule has 3 aromatic rings. The lowest BCUT2D eigenvalue weighted by molar-refractivity contribution is 0.292. The van der Waals surface area contributed by atoms with Gasteiger partial charge in [-0.15, -0.1) is 0 Å². The summed E-state index contributed by atoms with van der Waals surface area (Å²) >= 11 is 0. The Bertz CT molecular complexity index is 982. The van der Waals surface area contributed by atoms with Crippen LogP contribution >= 0.6 is 0 Å². The molecule has 1 heterocycles. The molecule has 0 unspecified atom stereocenters. The molecule has 1 aliphatic rings. The zero-order chi connectivity index (χ0) is 21.6. The fourth-order valence-electron chi connectivity index (χ4n) is 3.67. The topological polar surface area (TPSA) is 98.2 Å². The highest BCUT2D eigenvalue weighted by Crippen LogP contribution is 2.25. The summed E-state index contributed by atoms with van der Waals surface area (Å²) in [6, 6.07) is 16.8. The van der Waals surface area contributed by atoms with E-state index >= 15 is 0 Å². The van der Waals surface area contributed by atoms with Gasteiger partial charge in [-0.3, -0.25) is 0 Å². The third-order valence-electron chi connectivity index (χ3n) is 5.28. The largest absolute Gasteiger partial charge is 0.396 e. The van der Waals surface area contributed by atoms with Gasteiger partial charge in [0.2, 0.25) is 17.8 Å². The molecule has 0 saturated carbocycles. The Morgan fingerprint density at radius 1 is 0.903 bits per heavy atom. The highest BCUT2D eigenvalue weighted by molar-refractivity contribution is 5.60. The lowest BCUT2D eigenvalue weighted by atomic mass is 10.1. The molecule has 0 spiro atoms. The SMILES string of the molecule is CN(C)c1ccc(Nc2nc(NCCCO)nc(NC3Cc4ccccc4C3)n2)cc1. The summed E-state index contributed by atoms with van der Waals surface area (Å²) in [5.41, 5.74) is 4.76. The number of benzene rings is 2. The lowest BCUT2D eigenvalue weighted by Gasteiger charge is -2.15. The Labute approximate surface area is 182 Å². The van der Waals surface area contributed by atoms with Gasteiger partial charge in [0.1, 0.15) is 0 Å². The summed E-state index contributed by atoms with van der Waals surface area (Å²) in [7, 11) is 4.02. The summed E-state index contributed by atoms with van der Waals surface area (Å²) in [5, 5.41) is 19.0. The number of aliphatic hydroxyl groups is 1. The molecule has 0 bridgehead atoms. The van der Waals surface area contributed by atoms with E-state index in [2.05, 4.69) is 60.1 Å². The van der Waals surface area contributed by atoms with Crippen molar-refractivity contribution in [3.05, 3.63) is 59.7 Å².